The number of nitrogens with one attached hydrogen (secondary N) is 1. The number of nitrogens with zero attached hydrogens (tertiary/aromatic N) is 1. The Bertz CT molecular complexity index is 255. The Labute approximate surface area is 98.6 Å². The topological polar surface area (TPSA) is 32.3 Å². The first-order valence-electron chi connectivity index (χ1n) is 6.63. The van der Waals surface area contributed by atoms with Gasteiger partial charge in [-0.2, -0.15) is 0 Å². The molecule has 3 heteroatoms. The van der Waals surface area contributed by atoms with E-state index in [1.165, 1.54) is 32.1 Å². The van der Waals surface area contributed by atoms with Crippen molar-refractivity contribution in [2.45, 2.75) is 52.0 Å². The average molecular weight is 224 g/mol. The molecule has 0 spiro atoms. The van der Waals surface area contributed by atoms with Gasteiger partial charge in [-0.1, -0.05) is 6.92 Å². The molecule has 1 N–H and O–H groups in total. The van der Waals surface area contributed by atoms with Crippen LogP contribution in [0.1, 0.15) is 46.0 Å². The highest BCUT2D eigenvalue weighted by atomic mass is 16.2. The summed E-state index contributed by atoms with van der Waals surface area (Å²) in [5.41, 5.74) is 0.460. The number of amides is 1. The number of rotatable bonds is 4. The Kier molecular flexibility index (Phi) is 3.53. The van der Waals surface area contributed by atoms with E-state index >= 15 is 0 Å². The largest absolute Gasteiger partial charge is 0.342 e. The second-order valence-corrected chi connectivity index (χ2v) is 5.70. The second-order valence-electron chi connectivity index (χ2n) is 5.70. The standard InChI is InChI=1S/C13H24N2O/c1-11(13(2)6-7-13)14-10-12(16)15-8-4-3-5-9-15/h11,14H,3-10H2,1-2H3. The lowest BCUT2D eigenvalue weighted by Gasteiger charge is -2.28. The molecule has 1 aliphatic carbocycles. The van der Waals surface area contributed by atoms with Gasteiger partial charge in [0.25, 0.3) is 0 Å². The molecule has 0 aromatic carbocycles. The fraction of sp³-hybridized carbons (Fsp3) is 0.923. The zero-order valence-electron chi connectivity index (χ0n) is 10.6. The third-order valence-corrected chi connectivity index (χ3v) is 4.35. The molecule has 0 bridgehead atoms. The van der Waals surface area contributed by atoms with Gasteiger partial charge in [0.05, 0.1) is 6.54 Å². The van der Waals surface area contributed by atoms with Gasteiger partial charge in [-0.15, -0.1) is 0 Å². The highest BCUT2D eigenvalue weighted by Gasteiger charge is 2.42. The van der Waals surface area contributed by atoms with Crippen LogP contribution in [0, 0.1) is 5.41 Å². The van der Waals surface area contributed by atoms with Crippen molar-refractivity contribution in [1.29, 1.82) is 0 Å². The van der Waals surface area contributed by atoms with E-state index in [4.69, 9.17) is 0 Å². The van der Waals surface area contributed by atoms with Crippen LogP contribution in [0.15, 0.2) is 0 Å². The summed E-state index contributed by atoms with van der Waals surface area (Å²) in [6, 6.07) is 0.473. The first-order valence-corrected chi connectivity index (χ1v) is 6.63. The second kappa shape index (κ2) is 4.74. The molecule has 1 amide bonds. The van der Waals surface area contributed by atoms with Crippen LogP contribution < -0.4 is 5.32 Å². The summed E-state index contributed by atoms with van der Waals surface area (Å²) in [5.74, 6) is 0.288. The van der Waals surface area contributed by atoms with E-state index in [1.54, 1.807) is 0 Å². The smallest absolute Gasteiger partial charge is 0.236 e. The van der Waals surface area contributed by atoms with E-state index in [0.717, 1.165) is 13.1 Å². The number of piperidine rings is 1. The average Bonchev–Trinajstić information content (AvgIpc) is 3.06. The summed E-state index contributed by atoms with van der Waals surface area (Å²) in [6.07, 6.45) is 6.25. The highest BCUT2D eigenvalue weighted by molar-refractivity contribution is 5.78. The van der Waals surface area contributed by atoms with Gasteiger partial charge >= 0.3 is 0 Å². The van der Waals surface area contributed by atoms with Crippen molar-refractivity contribution in [3.63, 3.8) is 0 Å². The lowest BCUT2D eigenvalue weighted by Crippen LogP contribution is -2.44. The lowest BCUT2D eigenvalue weighted by atomic mass is 10.0. The van der Waals surface area contributed by atoms with E-state index in [1.807, 2.05) is 4.90 Å². The summed E-state index contributed by atoms with van der Waals surface area (Å²) in [4.78, 5) is 13.9. The quantitative estimate of drug-likeness (QED) is 0.789. The first-order chi connectivity index (χ1) is 7.62. The molecule has 92 valence electrons. The van der Waals surface area contributed by atoms with Gasteiger partial charge in [0.1, 0.15) is 0 Å². The number of hydrogen-bond acceptors (Lipinski definition) is 2. The van der Waals surface area contributed by atoms with Crippen LogP contribution in [0.25, 0.3) is 0 Å². The molecule has 1 saturated carbocycles. The summed E-state index contributed by atoms with van der Waals surface area (Å²) in [7, 11) is 0. The number of likely N-dealkylation sites (tertiary alicyclic amines) is 1. The van der Waals surface area contributed by atoms with Gasteiger partial charge in [-0.25, -0.2) is 0 Å². The first kappa shape index (κ1) is 11.9. The molecule has 2 fully saturated rings. The Morgan fingerprint density at radius 3 is 2.50 bits per heavy atom. The number of carbonyl (C=O) groups excluding carboxylic acids is 1. The van der Waals surface area contributed by atoms with Crippen LogP contribution in [0.5, 0.6) is 0 Å². The van der Waals surface area contributed by atoms with Crippen molar-refractivity contribution < 1.29 is 4.79 Å². The van der Waals surface area contributed by atoms with E-state index in [0.29, 0.717) is 18.0 Å². The molecule has 1 atom stereocenters. The predicted molar refractivity (Wildman–Crippen MR) is 65.2 cm³/mol. The van der Waals surface area contributed by atoms with Crippen LogP contribution >= 0.6 is 0 Å². The van der Waals surface area contributed by atoms with Crippen molar-refractivity contribution in [2.24, 2.45) is 5.41 Å². The third-order valence-electron chi connectivity index (χ3n) is 4.35. The Balaban J connectivity index is 1.70. The van der Waals surface area contributed by atoms with Gasteiger partial charge in [0, 0.05) is 19.1 Å². The van der Waals surface area contributed by atoms with Gasteiger partial charge in [0.2, 0.25) is 5.91 Å². The molecule has 1 saturated heterocycles. The predicted octanol–water partition coefficient (Wildman–Crippen LogP) is 1.78. The van der Waals surface area contributed by atoms with Gasteiger partial charge < -0.3 is 10.2 Å². The molecule has 2 rings (SSSR count). The molecule has 3 nitrogen and oxygen atoms in total. The van der Waals surface area contributed by atoms with Crippen LogP contribution in [0.3, 0.4) is 0 Å². The zero-order chi connectivity index (χ0) is 11.6. The SMILES string of the molecule is CC(NCC(=O)N1CCCCC1)C1(C)CC1. The van der Waals surface area contributed by atoms with Crippen LogP contribution in [0.4, 0.5) is 0 Å². The maximum Gasteiger partial charge on any atom is 0.236 e. The monoisotopic (exact) mass is 224 g/mol. The van der Waals surface area contributed by atoms with E-state index in [2.05, 4.69) is 19.2 Å². The fourth-order valence-electron chi connectivity index (χ4n) is 2.37. The van der Waals surface area contributed by atoms with Gasteiger partial charge in [-0.05, 0) is 44.4 Å². The minimum Gasteiger partial charge on any atom is -0.342 e. The lowest BCUT2D eigenvalue weighted by molar-refractivity contribution is -0.131. The molecule has 1 unspecified atom stereocenters. The molecule has 2 aliphatic rings. The minimum atomic E-state index is 0.288. The fourth-order valence-corrected chi connectivity index (χ4v) is 2.37. The van der Waals surface area contributed by atoms with Crippen molar-refractivity contribution >= 4 is 5.91 Å². The summed E-state index contributed by atoms with van der Waals surface area (Å²) >= 11 is 0. The minimum absolute atomic E-state index is 0.288. The molecule has 0 aromatic rings. The molecule has 1 heterocycles. The summed E-state index contributed by atoms with van der Waals surface area (Å²) in [5, 5.41) is 3.39. The van der Waals surface area contributed by atoms with Crippen molar-refractivity contribution in [1.82, 2.24) is 10.2 Å². The van der Waals surface area contributed by atoms with E-state index in [-0.39, 0.29) is 5.91 Å². The third kappa shape index (κ3) is 2.76. The molecule has 0 radical (unpaired) electrons. The van der Waals surface area contributed by atoms with Gasteiger partial charge in [0.15, 0.2) is 0 Å². The van der Waals surface area contributed by atoms with Crippen LogP contribution in [0.2, 0.25) is 0 Å². The van der Waals surface area contributed by atoms with E-state index < -0.39 is 0 Å². The molecule has 0 aromatic heterocycles. The number of carbonyl (C=O) groups is 1. The van der Waals surface area contributed by atoms with Crippen LogP contribution in [-0.2, 0) is 4.79 Å². The Morgan fingerprint density at radius 2 is 1.94 bits per heavy atom. The number of hydrogen-bond donors (Lipinski definition) is 1. The van der Waals surface area contributed by atoms with Crippen molar-refractivity contribution in [2.75, 3.05) is 19.6 Å². The van der Waals surface area contributed by atoms with Gasteiger partial charge in [-0.3, -0.25) is 4.79 Å². The van der Waals surface area contributed by atoms with E-state index in [9.17, 15) is 4.79 Å². The molecule has 16 heavy (non-hydrogen) atoms. The van der Waals surface area contributed by atoms with Crippen molar-refractivity contribution in [3.05, 3.63) is 0 Å². The Morgan fingerprint density at radius 1 is 1.31 bits per heavy atom. The molecular formula is C13H24N2O. The maximum absolute atomic E-state index is 11.9. The van der Waals surface area contributed by atoms with Crippen LogP contribution in [-0.4, -0.2) is 36.5 Å². The van der Waals surface area contributed by atoms with Crippen molar-refractivity contribution in [3.8, 4) is 0 Å². The molecule has 1 aliphatic heterocycles. The normalized spacial score (nSPS) is 25.2. The maximum atomic E-state index is 11.9. The highest BCUT2D eigenvalue weighted by Crippen LogP contribution is 2.47. The summed E-state index contributed by atoms with van der Waals surface area (Å²) < 4.78 is 0. The Hall–Kier alpha value is -0.570. The zero-order valence-corrected chi connectivity index (χ0v) is 10.6. The summed E-state index contributed by atoms with van der Waals surface area (Å²) in [6.45, 7) is 6.96. The molecular weight excluding hydrogens is 200 g/mol.